The fourth-order valence-electron chi connectivity index (χ4n) is 3.79. The van der Waals surface area contributed by atoms with E-state index in [1.54, 1.807) is 18.2 Å². The molecule has 1 heterocycles. The van der Waals surface area contributed by atoms with Crippen LogP contribution in [-0.2, 0) is 14.3 Å². The van der Waals surface area contributed by atoms with E-state index >= 15 is 0 Å². The predicted octanol–water partition coefficient (Wildman–Crippen LogP) is 4.04. The minimum Gasteiger partial charge on any atom is -0.478 e. The number of carbonyl (C=O) groups is 4. The Morgan fingerprint density at radius 1 is 0.882 bits per heavy atom. The Morgan fingerprint density at radius 3 is 2.12 bits per heavy atom. The van der Waals surface area contributed by atoms with E-state index in [1.165, 1.54) is 38.3 Å². The summed E-state index contributed by atoms with van der Waals surface area (Å²) in [6.45, 7) is 1.27. The van der Waals surface area contributed by atoms with Crippen LogP contribution in [0.15, 0.2) is 72.8 Å². The minimum absolute atomic E-state index is 0.125. The summed E-state index contributed by atoms with van der Waals surface area (Å²) >= 11 is 0. The van der Waals surface area contributed by atoms with Crippen molar-refractivity contribution in [2.24, 2.45) is 0 Å². The van der Waals surface area contributed by atoms with Crippen LogP contribution < -0.4 is 10.2 Å². The highest BCUT2D eigenvalue weighted by Crippen LogP contribution is 2.42. The first-order chi connectivity index (χ1) is 16.3. The number of benzene rings is 3. The van der Waals surface area contributed by atoms with Gasteiger partial charge in [-0.25, -0.2) is 14.5 Å². The molecule has 0 aromatic heterocycles. The Balaban J connectivity index is 1.92. The highest BCUT2D eigenvalue weighted by Gasteiger charge is 2.38. The van der Waals surface area contributed by atoms with Gasteiger partial charge < -0.3 is 15.2 Å². The summed E-state index contributed by atoms with van der Waals surface area (Å²) in [5.74, 6) is -2.68. The molecule has 3 aromatic carbocycles. The number of methoxy groups -OCH3 is 1. The summed E-state index contributed by atoms with van der Waals surface area (Å²) in [4.78, 5) is 50.2. The van der Waals surface area contributed by atoms with E-state index in [4.69, 9.17) is 9.84 Å². The number of amides is 2. The van der Waals surface area contributed by atoms with Crippen LogP contribution >= 0.6 is 0 Å². The quantitative estimate of drug-likeness (QED) is 0.440. The molecule has 1 aliphatic rings. The number of carboxylic acid groups (broad SMARTS) is 1. The van der Waals surface area contributed by atoms with Crippen LogP contribution in [-0.4, -0.2) is 36.0 Å². The maximum absolute atomic E-state index is 13.5. The second-order valence-corrected chi connectivity index (χ2v) is 7.51. The Morgan fingerprint density at radius 2 is 1.53 bits per heavy atom. The van der Waals surface area contributed by atoms with Crippen molar-refractivity contribution >= 4 is 46.4 Å². The van der Waals surface area contributed by atoms with Gasteiger partial charge in [0, 0.05) is 18.2 Å². The molecular weight excluding hydrogens is 436 g/mol. The molecule has 0 fully saturated rings. The first-order valence-electron chi connectivity index (χ1n) is 10.3. The summed E-state index contributed by atoms with van der Waals surface area (Å²) in [6, 6.07) is 19.8. The van der Waals surface area contributed by atoms with Crippen molar-refractivity contribution in [2.75, 3.05) is 17.3 Å². The number of esters is 1. The van der Waals surface area contributed by atoms with Gasteiger partial charge >= 0.3 is 11.9 Å². The smallest absolute Gasteiger partial charge is 0.337 e. The largest absolute Gasteiger partial charge is 0.478 e. The van der Waals surface area contributed by atoms with Gasteiger partial charge in [-0.05, 0) is 42.0 Å². The molecule has 34 heavy (non-hydrogen) atoms. The minimum atomic E-state index is -1.05. The first-order valence-corrected chi connectivity index (χ1v) is 10.3. The molecule has 1 aliphatic heterocycles. The third kappa shape index (κ3) is 4.04. The maximum atomic E-state index is 13.5. The highest BCUT2D eigenvalue weighted by atomic mass is 16.5. The summed E-state index contributed by atoms with van der Waals surface area (Å²) < 4.78 is 4.77. The Kier molecular flexibility index (Phi) is 5.97. The van der Waals surface area contributed by atoms with Crippen LogP contribution in [0.2, 0.25) is 0 Å². The molecule has 8 heteroatoms. The normalized spacial score (nSPS) is 13.8. The van der Waals surface area contributed by atoms with Crippen LogP contribution in [0, 0.1) is 0 Å². The predicted molar refractivity (Wildman–Crippen MR) is 126 cm³/mol. The SMILES string of the molecule is COC(=O)c1ccc2c(c1)N(C(C)=O)C(=O)C2=C(Nc1ccc(C(=O)O)cc1)c1ccccc1. The summed E-state index contributed by atoms with van der Waals surface area (Å²) in [6.07, 6.45) is 0. The first kappa shape index (κ1) is 22.5. The van der Waals surface area contributed by atoms with Gasteiger partial charge in [-0.2, -0.15) is 0 Å². The molecule has 0 atom stereocenters. The molecule has 0 unspecified atom stereocenters. The van der Waals surface area contributed by atoms with Crippen molar-refractivity contribution in [3.63, 3.8) is 0 Å². The fraction of sp³-hybridized carbons (Fsp3) is 0.0769. The fourth-order valence-corrected chi connectivity index (χ4v) is 3.79. The van der Waals surface area contributed by atoms with Gasteiger partial charge in [-0.1, -0.05) is 36.4 Å². The maximum Gasteiger partial charge on any atom is 0.337 e. The second kappa shape index (κ2) is 9.03. The lowest BCUT2D eigenvalue weighted by Crippen LogP contribution is -2.31. The molecule has 0 bridgehead atoms. The Labute approximate surface area is 195 Å². The lowest BCUT2D eigenvalue weighted by Gasteiger charge is -2.16. The molecule has 3 aromatic rings. The van der Waals surface area contributed by atoms with Gasteiger partial charge in [-0.15, -0.1) is 0 Å². The van der Waals surface area contributed by atoms with Crippen molar-refractivity contribution in [3.8, 4) is 0 Å². The number of anilines is 2. The van der Waals surface area contributed by atoms with Gasteiger partial charge in [0.15, 0.2) is 0 Å². The number of imide groups is 1. The number of rotatable bonds is 5. The van der Waals surface area contributed by atoms with Gasteiger partial charge in [0.05, 0.1) is 35.2 Å². The molecule has 0 saturated heterocycles. The van der Waals surface area contributed by atoms with E-state index in [0.717, 1.165) is 4.90 Å². The zero-order valence-electron chi connectivity index (χ0n) is 18.4. The lowest BCUT2D eigenvalue weighted by molar-refractivity contribution is -0.122. The average molecular weight is 456 g/mol. The number of carboxylic acids is 1. The van der Waals surface area contributed by atoms with E-state index < -0.39 is 23.8 Å². The molecule has 2 N–H and O–H groups in total. The van der Waals surface area contributed by atoms with Crippen molar-refractivity contribution < 1.29 is 29.0 Å². The molecule has 0 saturated carbocycles. The van der Waals surface area contributed by atoms with Crippen molar-refractivity contribution in [2.45, 2.75) is 6.92 Å². The Bertz CT molecular complexity index is 1340. The zero-order valence-corrected chi connectivity index (χ0v) is 18.4. The highest BCUT2D eigenvalue weighted by molar-refractivity contribution is 6.43. The molecule has 8 nitrogen and oxygen atoms in total. The lowest BCUT2D eigenvalue weighted by atomic mass is 9.99. The standard InChI is InChI=1S/C26H20N2O6/c1-15(29)28-21-14-18(26(33)34-2)10-13-20(21)22(24(28)30)23(16-6-4-3-5-7-16)27-19-11-8-17(9-12-19)25(31)32/h3-14,27H,1-2H3,(H,31,32). The third-order valence-corrected chi connectivity index (χ3v) is 5.37. The van der Waals surface area contributed by atoms with E-state index in [0.29, 0.717) is 22.5 Å². The molecule has 4 rings (SSSR count). The van der Waals surface area contributed by atoms with Gasteiger partial charge in [-0.3, -0.25) is 9.59 Å². The van der Waals surface area contributed by atoms with Crippen LogP contribution in [0.25, 0.3) is 11.3 Å². The molecule has 0 aliphatic carbocycles. The summed E-state index contributed by atoms with van der Waals surface area (Å²) in [5, 5.41) is 12.4. The molecule has 0 spiro atoms. The number of carbonyl (C=O) groups excluding carboxylic acids is 3. The number of hydrogen-bond acceptors (Lipinski definition) is 6. The van der Waals surface area contributed by atoms with Gasteiger partial charge in [0.2, 0.25) is 5.91 Å². The number of nitrogens with one attached hydrogen (secondary N) is 1. The number of aromatic carboxylic acids is 1. The number of hydrogen-bond donors (Lipinski definition) is 2. The zero-order chi connectivity index (χ0) is 24.4. The average Bonchev–Trinajstić information content (AvgIpc) is 3.13. The Hall–Kier alpha value is -4.72. The third-order valence-electron chi connectivity index (χ3n) is 5.37. The molecular formula is C26H20N2O6. The molecule has 0 radical (unpaired) electrons. The van der Waals surface area contributed by atoms with E-state index in [-0.39, 0.29) is 22.4 Å². The molecule has 2 amide bonds. The number of nitrogens with zero attached hydrogens (tertiary/aromatic N) is 1. The summed E-state index contributed by atoms with van der Waals surface area (Å²) in [7, 11) is 1.25. The van der Waals surface area contributed by atoms with Crippen LogP contribution in [0.4, 0.5) is 11.4 Å². The van der Waals surface area contributed by atoms with Crippen LogP contribution in [0.5, 0.6) is 0 Å². The van der Waals surface area contributed by atoms with Crippen molar-refractivity contribution in [3.05, 3.63) is 95.1 Å². The number of fused-ring (bicyclic) bond motifs is 1. The topological polar surface area (TPSA) is 113 Å². The second-order valence-electron chi connectivity index (χ2n) is 7.51. The monoisotopic (exact) mass is 456 g/mol. The van der Waals surface area contributed by atoms with Crippen molar-refractivity contribution in [1.82, 2.24) is 0 Å². The van der Waals surface area contributed by atoms with Crippen molar-refractivity contribution in [1.29, 1.82) is 0 Å². The van der Waals surface area contributed by atoms with Gasteiger partial charge in [0.25, 0.3) is 5.91 Å². The van der Waals surface area contributed by atoms with E-state index in [1.807, 2.05) is 30.3 Å². The number of ether oxygens (including phenoxy) is 1. The van der Waals surface area contributed by atoms with Crippen LogP contribution in [0.1, 0.15) is 38.8 Å². The summed E-state index contributed by atoms with van der Waals surface area (Å²) in [5.41, 5.74) is 3.01. The van der Waals surface area contributed by atoms with Gasteiger partial charge in [0.1, 0.15) is 0 Å². The van der Waals surface area contributed by atoms with Crippen LogP contribution in [0.3, 0.4) is 0 Å². The van der Waals surface area contributed by atoms with E-state index in [9.17, 15) is 19.2 Å². The molecule has 170 valence electrons. The van der Waals surface area contributed by atoms with E-state index in [2.05, 4.69) is 5.32 Å².